The van der Waals surface area contributed by atoms with E-state index in [-0.39, 0.29) is 0 Å². The fourth-order valence-corrected chi connectivity index (χ4v) is 1.82. The van der Waals surface area contributed by atoms with Gasteiger partial charge in [-0.1, -0.05) is 0 Å². The molecular formula is C8H15N5. The Kier molecular flexibility index (Phi) is 2.18. The maximum Gasteiger partial charge on any atom is 0.239 e. The Hall–Kier alpha value is -1.10. The standard InChI is InChI=1S/C8H15N5/c1-12-4-2-3-7(12)5-13-6-10-8(9)11-13/h6-7H,2-5H2,1H3,(H2,9,11). The summed E-state index contributed by atoms with van der Waals surface area (Å²) < 4.78 is 1.82. The van der Waals surface area contributed by atoms with Gasteiger partial charge in [0, 0.05) is 6.04 Å². The zero-order chi connectivity index (χ0) is 9.26. The molecule has 1 fully saturated rings. The molecule has 1 saturated heterocycles. The van der Waals surface area contributed by atoms with Crippen LogP contribution in [0.5, 0.6) is 0 Å². The van der Waals surface area contributed by atoms with Crippen molar-refractivity contribution < 1.29 is 0 Å². The lowest BCUT2D eigenvalue weighted by Gasteiger charge is -2.18. The smallest absolute Gasteiger partial charge is 0.239 e. The maximum atomic E-state index is 5.43. The molecule has 2 N–H and O–H groups in total. The second kappa shape index (κ2) is 3.33. The number of hydrogen-bond acceptors (Lipinski definition) is 4. The molecule has 0 amide bonds. The van der Waals surface area contributed by atoms with Crippen molar-refractivity contribution in [3.8, 4) is 0 Å². The molecule has 2 heterocycles. The average molecular weight is 181 g/mol. The fraction of sp³-hybridized carbons (Fsp3) is 0.750. The number of nitrogens with zero attached hydrogens (tertiary/aromatic N) is 4. The van der Waals surface area contributed by atoms with E-state index in [4.69, 9.17) is 5.73 Å². The number of likely N-dealkylation sites (tertiary alicyclic amines) is 1. The summed E-state index contributed by atoms with van der Waals surface area (Å²) in [6.07, 6.45) is 4.23. The molecule has 0 aromatic carbocycles. The highest BCUT2D eigenvalue weighted by atomic mass is 15.4. The van der Waals surface area contributed by atoms with Crippen LogP contribution in [0.15, 0.2) is 6.33 Å². The maximum absolute atomic E-state index is 5.43. The van der Waals surface area contributed by atoms with Gasteiger partial charge in [0.1, 0.15) is 6.33 Å². The van der Waals surface area contributed by atoms with Gasteiger partial charge in [-0.05, 0) is 26.4 Å². The topological polar surface area (TPSA) is 60.0 Å². The van der Waals surface area contributed by atoms with Gasteiger partial charge in [0.2, 0.25) is 5.95 Å². The Bertz CT molecular complexity index is 282. The Labute approximate surface area is 77.5 Å². The minimum atomic E-state index is 0.362. The van der Waals surface area contributed by atoms with Gasteiger partial charge in [-0.3, -0.25) is 0 Å². The van der Waals surface area contributed by atoms with Crippen LogP contribution in [0, 0.1) is 0 Å². The highest BCUT2D eigenvalue weighted by Crippen LogP contribution is 2.15. The van der Waals surface area contributed by atoms with Crippen LogP contribution in [0.4, 0.5) is 5.95 Å². The second-order valence-electron chi connectivity index (χ2n) is 3.60. The molecule has 5 heteroatoms. The van der Waals surface area contributed by atoms with E-state index in [1.54, 1.807) is 6.33 Å². The van der Waals surface area contributed by atoms with Gasteiger partial charge in [0.05, 0.1) is 6.54 Å². The molecule has 1 aliphatic heterocycles. The quantitative estimate of drug-likeness (QED) is 0.695. The third-order valence-electron chi connectivity index (χ3n) is 2.62. The van der Waals surface area contributed by atoms with Gasteiger partial charge in [-0.25, -0.2) is 9.67 Å². The predicted octanol–water partition coefficient (Wildman–Crippen LogP) is -0.0455. The van der Waals surface area contributed by atoms with Crippen LogP contribution in [0.1, 0.15) is 12.8 Å². The average Bonchev–Trinajstić information content (AvgIpc) is 2.64. The van der Waals surface area contributed by atoms with E-state index in [0.29, 0.717) is 12.0 Å². The van der Waals surface area contributed by atoms with Crippen LogP contribution in [0.2, 0.25) is 0 Å². The van der Waals surface area contributed by atoms with Crippen molar-refractivity contribution in [2.75, 3.05) is 19.3 Å². The molecule has 0 bridgehead atoms. The van der Waals surface area contributed by atoms with Crippen molar-refractivity contribution in [2.24, 2.45) is 0 Å². The summed E-state index contributed by atoms with van der Waals surface area (Å²) in [5, 5.41) is 4.07. The predicted molar refractivity (Wildman–Crippen MR) is 50.1 cm³/mol. The summed E-state index contributed by atoms with van der Waals surface area (Å²) in [6.45, 7) is 2.09. The Morgan fingerprint density at radius 3 is 3.08 bits per heavy atom. The van der Waals surface area contributed by atoms with Gasteiger partial charge in [0.25, 0.3) is 0 Å². The van der Waals surface area contributed by atoms with Gasteiger partial charge >= 0.3 is 0 Å². The molecule has 0 saturated carbocycles. The molecule has 1 atom stereocenters. The molecule has 0 aliphatic carbocycles. The number of likely N-dealkylation sites (N-methyl/N-ethyl adjacent to an activating group) is 1. The molecule has 2 rings (SSSR count). The Morgan fingerprint density at radius 1 is 1.69 bits per heavy atom. The summed E-state index contributed by atoms with van der Waals surface area (Å²) in [5.41, 5.74) is 5.43. The fourth-order valence-electron chi connectivity index (χ4n) is 1.82. The molecule has 5 nitrogen and oxygen atoms in total. The molecular weight excluding hydrogens is 166 g/mol. The Morgan fingerprint density at radius 2 is 2.54 bits per heavy atom. The van der Waals surface area contributed by atoms with E-state index in [2.05, 4.69) is 22.0 Å². The summed E-state index contributed by atoms with van der Waals surface area (Å²) in [5.74, 6) is 0.362. The molecule has 1 aromatic rings. The van der Waals surface area contributed by atoms with Crippen molar-refractivity contribution in [1.82, 2.24) is 19.7 Å². The lowest BCUT2D eigenvalue weighted by atomic mass is 10.2. The summed E-state index contributed by atoms with van der Waals surface area (Å²) >= 11 is 0. The summed E-state index contributed by atoms with van der Waals surface area (Å²) in [6, 6.07) is 0.598. The Balaban J connectivity index is 1.97. The van der Waals surface area contributed by atoms with Gasteiger partial charge in [-0.15, -0.1) is 5.10 Å². The molecule has 72 valence electrons. The first-order chi connectivity index (χ1) is 6.25. The SMILES string of the molecule is CN1CCCC1Cn1cnc(N)n1. The van der Waals surface area contributed by atoms with E-state index in [9.17, 15) is 0 Å². The molecule has 1 aromatic heterocycles. The first kappa shape index (κ1) is 8.50. The zero-order valence-electron chi connectivity index (χ0n) is 7.85. The normalized spacial score (nSPS) is 23.9. The van der Waals surface area contributed by atoms with E-state index in [0.717, 1.165) is 6.54 Å². The second-order valence-corrected chi connectivity index (χ2v) is 3.60. The van der Waals surface area contributed by atoms with Crippen LogP contribution < -0.4 is 5.73 Å². The number of nitrogens with two attached hydrogens (primary N) is 1. The monoisotopic (exact) mass is 181 g/mol. The summed E-state index contributed by atoms with van der Waals surface area (Å²) in [4.78, 5) is 6.25. The van der Waals surface area contributed by atoms with Crippen molar-refractivity contribution in [2.45, 2.75) is 25.4 Å². The largest absolute Gasteiger partial charge is 0.367 e. The van der Waals surface area contributed by atoms with Gasteiger partial charge < -0.3 is 10.6 Å². The van der Waals surface area contributed by atoms with E-state index >= 15 is 0 Å². The minimum absolute atomic E-state index is 0.362. The van der Waals surface area contributed by atoms with Crippen LogP contribution in [0.3, 0.4) is 0 Å². The molecule has 1 unspecified atom stereocenters. The number of aromatic nitrogens is 3. The van der Waals surface area contributed by atoms with Crippen molar-refractivity contribution in [1.29, 1.82) is 0 Å². The van der Waals surface area contributed by atoms with E-state index in [1.807, 2.05) is 4.68 Å². The molecule has 0 radical (unpaired) electrons. The molecule has 1 aliphatic rings. The van der Waals surface area contributed by atoms with Crippen LogP contribution >= 0.6 is 0 Å². The third kappa shape index (κ3) is 1.80. The van der Waals surface area contributed by atoms with Gasteiger partial charge in [0.15, 0.2) is 0 Å². The van der Waals surface area contributed by atoms with Crippen molar-refractivity contribution in [3.05, 3.63) is 6.33 Å². The first-order valence-electron chi connectivity index (χ1n) is 4.61. The van der Waals surface area contributed by atoms with Crippen molar-refractivity contribution in [3.63, 3.8) is 0 Å². The minimum Gasteiger partial charge on any atom is -0.367 e. The number of anilines is 1. The lowest BCUT2D eigenvalue weighted by molar-refractivity contribution is 0.274. The highest BCUT2D eigenvalue weighted by Gasteiger charge is 2.21. The number of rotatable bonds is 2. The molecule has 0 spiro atoms. The number of nitrogen functional groups attached to an aromatic ring is 1. The summed E-state index contributed by atoms with van der Waals surface area (Å²) in [7, 11) is 2.15. The molecule has 13 heavy (non-hydrogen) atoms. The zero-order valence-corrected chi connectivity index (χ0v) is 7.85. The van der Waals surface area contributed by atoms with Crippen LogP contribution in [0.25, 0.3) is 0 Å². The third-order valence-corrected chi connectivity index (χ3v) is 2.62. The highest BCUT2D eigenvalue weighted by molar-refractivity contribution is 5.09. The lowest BCUT2D eigenvalue weighted by Crippen LogP contribution is -2.29. The first-order valence-corrected chi connectivity index (χ1v) is 4.61. The van der Waals surface area contributed by atoms with Crippen molar-refractivity contribution >= 4 is 5.95 Å². The van der Waals surface area contributed by atoms with Crippen LogP contribution in [-0.4, -0.2) is 39.3 Å². The van der Waals surface area contributed by atoms with Gasteiger partial charge in [-0.2, -0.15) is 0 Å². The van der Waals surface area contributed by atoms with E-state index in [1.165, 1.54) is 19.4 Å². The van der Waals surface area contributed by atoms with E-state index < -0.39 is 0 Å². The van der Waals surface area contributed by atoms with Crippen LogP contribution in [-0.2, 0) is 6.54 Å². The number of hydrogen-bond donors (Lipinski definition) is 1.